The molecule has 0 aliphatic heterocycles. The number of hydrogen-bond donors (Lipinski definition) is 2. The van der Waals surface area contributed by atoms with Gasteiger partial charge in [0.15, 0.2) is 11.4 Å². The van der Waals surface area contributed by atoms with Gasteiger partial charge in [-0.25, -0.2) is 0 Å². The Morgan fingerprint density at radius 2 is 1.10 bits per heavy atom. The average Bonchev–Trinajstić information content (AvgIpc) is 3.08. The van der Waals surface area contributed by atoms with Crippen molar-refractivity contribution < 1.29 is 19.1 Å². The molecule has 7 heteroatoms. The van der Waals surface area contributed by atoms with Crippen LogP contribution in [0.5, 0.6) is 5.75 Å². The summed E-state index contributed by atoms with van der Waals surface area (Å²) in [5.74, 6) is -0.0710. The van der Waals surface area contributed by atoms with Gasteiger partial charge in [-0.3, -0.25) is 14.4 Å². The standard InChI is InChI=1S/C43H55ClN2O4/c1-6-7-8-9-10-11-12-13-14-15-16-17-18-19-20-21-22-23-24-25-39(47)46-42(2,3)34-45-41(49)43(4,5)50-38-32-28-36(29-33-38)40(48)35-26-30-37(44)31-27-35/h7-8,10-11,13-14,16-17,19-20,22-23,26-33H,6,9,12,15,18,21,24-25,34H2,1-5H3,(H,45,49)(H,46,47)/b8-7-,11-10-,14-13-,17-16-,20-19-,23-22-. The summed E-state index contributed by atoms with van der Waals surface area (Å²) in [6.45, 7) is 9.46. The van der Waals surface area contributed by atoms with Crippen LogP contribution in [0.3, 0.4) is 0 Å². The lowest BCUT2D eigenvalue weighted by molar-refractivity contribution is -0.134. The van der Waals surface area contributed by atoms with E-state index < -0.39 is 11.1 Å². The molecule has 0 aliphatic carbocycles. The van der Waals surface area contributed by atoms with Crippen molar-refractivity contribution in [3.05, 3.63) is 138 Å². The number of nitrogens with one attached hydrogen (secondary N) is 2. The predicted octanol–water partition coefficient (Wildman–Crippen LogP) is 10.2. The largest absolute Gasteiger partial charge is 0.478 e. The smallest absolute Gasteiger partial charge is 0.263 e. The zero-order valence-electron chi connectivity index (χ0n) is 30.4. The van der Waals surface area contributed by atoms with Crippen molar-refractivity contribution in [3.8, 4) is 5.75 Å². The molecule has 0 aromatic heterocycles. The van der Waals surface area contributed by atoms with Gasteiger partial charge in [0.25, 0.3) is 5.91 Å². The number of benzene rings is 2. The molecule has 0 aliphatic rings. The molecule has 0 bridgehead atoms. The third-order valence-electron chi connectivity index (χ3n) is 7.45. The first-order chi connectivity index (χ1) is 23.9. The van der Waals surface area contributed by atoms with Gasteiger partial charge in [-0.05, 0) is 121 Å². The van der Waals surface area contributed by atoms with Crippen molar-refractivity contribution in [3.63, 3.8) is 0 Å². The lowest BCUT2D eigenvalue weighted by Crippen LogP contribution is -2.55. The van der Waals surface area contributed by atoms with Crippen molar-refractivity contribution in [2.24, 2.45) is 0 Å². The Morgan fingerprint density at radius 3 is 1.58 bits per heavy atom. The van der Waals surface area contributed by atoms with Gasteiger partial charge < -0.3 is 15.4 Å². The van der Waals surface area contributed by atoms with E-state index in [9.17, 15) is 14.4 Å². The van der Waals surface area contributed by atoms with E-state index in [0.29, 0.717) is 34.7 Å². The fraction of sp³-hybridized carbons (Fsp3) is 0.372. The summed E-state index contributed by atoms with van der Waals surface area (Å²) in [6, 6.07) is 13.4. The number of halogens is 1. The van der Waals surface area contributed by atoms with E-state index in [1.807, 2.05) is 19.9 Å². The Hall–Kier alpha value is -4.42. The van der Waals surface area contributed by atoms with Crippen LogP contribution in [0.4, 0.5) is 0 Å². The van der Waals surface area contributed by atoms with E-state index in [1.54, 1.807) is 62.4 Å². The number of rotatable bonds is 22. The molecule has 50 heavy (non-hydrogen) atoms. The minimum atomic E-state index is -1.18. The van der Waals surface area contributed by atoms with Gasteiger partial charge in [-0.1, -0.05) is 91.4 Å². The fourth-order valence-corrected chi connectivity index (χ4v) is 4.76. The van der Waals surface area contributed by atoms with Crippen molar-refractivity contribution in [2.45, 2.75) is 97.1 Å². The predicted molar refractivity (Wildman–Crippen MR) is 209 cm³/mol. The molecule has 0 spiro atoms. The van der Waals surface area contributed by atoms with Crippen LogP contribution in [-0.4, -0.2) is 35.3 Å². The zero-order valence-corrected chi connectivity index (χ0v) is 31.2. The summed E-state index contributed by atoms with van der Waals surface area (Å²) >= 11 is 5.92. The van der Waals surface area contributed by atoms with Gasteiger partial charge in [0.2, 0.25) is 5.91 Å². The molecule has 268 valence electrons. The summed E-state index contributed by atoms with van der Waals surface area (Å²) in [4.78, 5) is 38.3. The third-order valence-corrected chi connectivity index (χ3v) is 7.70. The van der Waals surface area contributed by atoms with E-state index in [0.717, 1.165) is 38.5 Å². The van der Waals surface area contributed by atoms with Crippen LogP contribution in [-0.2, 0) is 9.59 Å². The Kier molecular flexibility index (Phi) is 19.3. The number of amides is 2. The molecule has 0 saturated carbocycles. The van der Waals surface area contributed by atoms with Crippen LogP contribution in [0, 0.1) is 0 Å². The van der Waals surface area contributed by atoms with Gasteiger partial charge in [0.1, 0.15) is 5.75 Å². The minimum Gasteiger partial charge on any atom is -0.478 e. The van der Waals surface area contributed by atoms with Gasteiger partial charge in [-0.2, -0.15) is 0 Å². The second kappa shape index (κ2) is 23.1. The van der Waals surface area contributed by atoms with E-state index in [4.69, 9.17) is 16.3 Å². The minimum absolute atomic E-state index is 0.0764. The third kappa shape index (κ3) is 17.8. The summed E-state index contributed by atoms with van der Waals surface area (Å²) in [7, 11) is 0. The van der Waals surface area contributed by atoms with E-state index in [-0.39, 0.29) is 24.1 Å². The van der Waals surface area contributed by atoms with Crippen LogP contribution >= 0.6 is 11.6 Å². The van der Waals surface area contributed by atoms with Gasteiger partial charge in [-0.15, -0.1) is 0 Å². The molecule has 0 unspecified atom stereocenters. The molecule has 0 atom stereocenters. The number of hydrogen-bond acceptors (Lipinski definition) is 4. The van der Waals surface area contributed by atoms with E-state index in [1.165, 1.54) is 0 Å². The summed E-state index contributed by atoms with van der Waals surface area (Å²) < 4.78 is 5.96. The second-order valence-electron chi connectivity index (χ2n) is 13.0. The van der Waals surface area contributed by atoms with Crippen LogP contribution in [0.1, 0.15) is 102 Å². The monoisotopic (exact) mass is 698 g/mol. The molecule has 2 rings (SSSR count). The molecular formula is C43H55ClN2O4. The molecule has 2 amide bonds. The van der Waals surface area contributed by atoms with E-state index in [2.05, 4.69) is 84.4 Å². The zero-order chi connectivity index (χ0) is 36.7. The highest BCUT2D eigenvalue weighted by atomic mass is 35.5. The molecule has 0 fully saturated rings. The summed E-state index contributed by atoms with van der Waals surface area (Å²) in [5.41, 5.74) is -0.797. The molecule has 2 N–H and O–H groups in total. The Labute approximate surface area is 305 Å². The quantitative estimate of drug-likeness (QED) is 0.0947. The normalized spacial score (nSPS) is 12.7. The second-order valence-corrected chi connectivity index (χ2v) is 13.5. The lowest BCUT2D eigenvalue weighted by atomic mass is 10.0. The summed E-state index contributed by atoms with van der Waals surface area (Å²) in [6.07, 6.45) is 32.7. The van der Waals surface area contributed by atoms with E-state index >= 15 is 0 Å². The lowest BCUT2D eigenvalue weighted by Gasteiger charge is -2.30. The van der Waals surface area contributed by atoms with Crippen molar-refractivity contribution >= 4 is 29.2 Å². The van der Waals surface area contributed by atoms with Crippen LogP contribution in [0.25, 0.3) is 0 Å². The maximum Gasteiger partial charge on any atom is 0.263 e. The molecule has 6 nitrogen and oxygen atoms in total. The number of ketones is 1. The summed E-state index contributed by atoms with van der Waals surface area (Å²) in [5, 5.41) is 6.46. The molecule has 0 saturated heterocycles. The Balaban J connectivity index is 1.63. The first kappa shape index (κ1) is 41.7. The topological polar surface area (TPSA) is 84.5 Å². The molecule has 0 radical (unpaired) electrons. The van der Waals surface area contributed by atoms with Crippen molar-refractivity contribution in [1.29, 1.82) is 0 Å². The van der Waals surface area contributed by atoms with Crippen molar-refractivity contribution in [1.82, 2.24) is 10.6 Å². The maximum absolute atomic E-state index is 13.0. The van der Waals surface area contributed by atoms with Gasteiger partial charge in [0.05, 0.1) is 5.54 Å². The fourth-order valence-electron chi connectivity index (χ4n) is 4.64. The number of ether oxygens (including phenoxy) is 1. The number of carbonyl (C=O) groups excluding carboxylic acids is 3. The highest BCUT2D eigenvalue weighted by Gasteiger charge is 2.32. The highest BCUT2D eigenvalue weighted by molar-refractivity contribution is 6.30. The van der Waals surface area contributed by atoms with Crippen LogP contribution < -0.4 is 15.4 Å². The molecular weight excluding hydrogens is 644 g/mol. The Morgan fingerprint density at radius 1 is 0.660 bits per heavy atom. The number of allylic oxidation sites excluding steroid dienone is 12. The molecule has 2 aromatic rings. The SMILES string of the molecule is CC/C=C\C/C=C\C/C=C\C/C=C\C/C=C\C/C=C\CCC(=O)NC(C)(C)CNC(=O)C(C)(C)Oc1ccc(C(=O)c2ccc(Cl)cc2)cc1. The van der Waals surface area contributed by atoms with Crippen LogP contribution in [0.15, 0.2) is 121 Å². The first-order valence-corrected chi connectivity index (χ1v) is 17.9. The molecule has 0 heterocycles. The Bertz CT molecular complexity index is 1510. The maximum atomic E-state index is 13.0. The average molecular weight is 699 g/mol. The van der Waals surface area contributed by atoms with Gasteiger partial charge in [0, 0.05) is 29.1 Å². The van der Waals surface area contributed by atoms with Gasteiger partial charge >= 0.3 is 0 Å². The van der Waals surface area contributed by atoms with Crippen LogP contribution in [0.2, 0.25) is 5.02 Å². The highest BCUT2D eigenvalue weighted by Crippen LogP contribution is 2.21. The molecule has 2 aromatic carbocycles. The first-order valence-electron chi connectivity index (χ1n) is 17.5. The van der Waals surface area contributed by atoms with Crippen molar-refractivity contribution in [2.75, 3.05) is 6.54 Å². The number of carbonyl (C=O) groups is 3.